The van der Waals surface area contributed by atoms with Crippen LogP contribution in [0.1, 0.15) is 0 Å². The summed E-state index contributed by atoms with van der Waals surface area (Å²) < 4.78 is 6.50. The van der Waals surface area contributed by atoms with Gasteiger partial charge in [0.1, 0.15) is 24.8 Å². The fourth-order valence-electron chi connectivity index (χ4n) is 7.51. The summed E-state index contributed by atoms with van der Waals surface area (Å²) in [5.41, 5.74) is 1.30. The Morgan fingerprint density at radius 3 is 1.44 bits per heavy atom. The van der Waals surface area contributed by atoms with Crippen LogP contribution in [0.5, 0.6) is 46.0 Å². The third-order valence-corrected chi connectivity index (χ3v) is 9.91. The summed E-state index contributed by atoms with van der Waals surface area (Å²) >= 11 is 0. The largest absolute Gasteiger partial charge is 0.508 e. The molecule has 0 fully saturated rings. The fourth-order valence-corrected chi connectivity index (χ4v) is 7.51. The van der Waals surface area contributed by atoms with E-state index in [-0.39, 0.29) is 5.56 Å². The third-order valence-electron chi connectivity index (χ3n) is 9.91. The van der Waals surface area contributed by atoms with Crippen molar-refractivity contribution in [2.24, 2.45) is 0 Å². The van der Waals surface area contributed by atoms with Crippen LogP contribution < -0.4 is 5.46 Å². The average Bonchev–Trinajstić information content (AvgIpc) is 3.55. The van der Waals surface area contributed by atoms with Crippen LogP contribution in [-0.4, -0.2) is 48.7 Å². The number of furan rings is 1. The molecular formula is C42H25BO9. The zero-order valence-corrected chi connectivity index (χ0v) is 26.9. The van der Waals surface area contributed by atoms with Crippen molar-refractivity contribution in [1.82, 2.24) is 0 Å². The van der Waals surface area contributed by atoms with Gasteiger partial charge in [0.15, 0.2) is 23.0 Å². The van der Waals surface area contributed by atoms with E-state index in [0.717, 1.165) is 49.0 Å². The number of fused-ring (bicyclic) bond motifs is 7. The summed E-state index contributed by atoms with van der Waals surface area (Å²) in [6.07, 6.45) is 0. The molecule has 9 aromatic rings. The number of benzene rings is 8. The molecule has 9 rings (SSSR count). The van der Waals surface area contributed by atoms with Crippen molar-refractivity contribution in [1.29, 1.82) is 0 Å². The van der Waals surface area contributed by atoms with E-state index in [4.69, 9.17) is 12.3 Å². The van der Waals surface area contributed by atoms with Crippen LogP contribution in [0.2, 0.25) is 0 Å². The molecule has 52 heavy (non-hydrogen) atoms. The molecule has 0 bridgehead atoms. The van der Waals surface area contributed by atoms with Gasteiger partial charge in [-0.3, -0.25) is 0 Å². The summed E-state index contributed by atoms with van der Waals surface area (Å²) in [4.78, 5) is 0. The number of aromatic hydroxyl groups is 8. The van der Waals surface area contributed by atoms with E-state index in [9.17, 15) is 40.9 Å². The van der Waals surface area contributed by atoms with Gasteiger partial charge in [0.25, 0.3) is 0 Å². The van der Waals surface area contributed by atoms with Crippen LogP contribution in [0.4, 0.5) is 0 Å². The number of phenols is 8. The maximum absolute atomic E-state index is 11.7. The molecule has 0 spiro atoms. The van der Waals surface area contributed by atoms with Gasteiger partial charge >= 0.3 is 0 Å². The molecule has 10 heteroatoms. The minimum Gasteiger partial charge on any atom is -0.508 e. The Bertz CT molecular complexity index is 2900. The van der Waals surface area contributed by atoms with Gasteiger partial charge in [0.05, 0.1) is 11.1 Å². The lowest BCUT2D eigenvalue weighted by Crippen LogP contribution is -2.10. The standard InChI is InChI=1S/C42H25BO9/c43-33-30(35(45)36(46)31(34(33)44)32-37(47)39(49)41(51)40(50)38(32)48)29-24-11-5-3-9-22(24)28(23-10-4-6-12-25(23)29)19-14-15-21-26-16-13-18-7-1-2-8-20(18)42(26)52-27(21)17-19/h1-17,44-51H. The Morgan fingerprint density at radius 1 is 0.365 bits per heavy atom. The maximum Gasteiger partial charge on any atom is 0.208 e. The number of hydrogen-bond acceptors (Lipinski definition) is 9. The molecule has 9 nitrogen and oxygen atoms in total. The summed E-state index contributed by atoms with van der Waals surface area (Å²) in [7, 11) is 6.53. The Kier molecular flexibility index (Phi) is 6.46. The Balaban J connectivity index is 1.33. The van der Waals surface area contributed by atoms with Crippen molar-refractivity contribution in [2.75, 3.05) is 0 Å². The first-order valence-electron chi connectivity index (χ1n) is 16.1. The van der Waals surface area contributed by atoms with Crippen LogP contribution in [0, 0.1) is 0 Å². The lowest BCUT2D eigenvalue weighted by atomic mass is 9.78. The third kappa shape index (κ3) is 4.06. The van der Waals surface area contributed by atoms with Crippen LogP contribution >= 0.6 is 0 Å². The van der Waals surface area contributed by atoms with Gasteiger partial charge < -0.3 is 45.3 Å². The quantitative estimate of drug-likeness (QED) is 0.0393. The molecule has 0 unspecified atom stereocenters. The molecule has 2 radical (unpaired) electrons. The highest BCUT2D eigenvalue weighted by Crippen LogP contribution is 2.60. The number of hydrogen-bond donors (Lipinski definition) is 8. The molecule has 0 saturated heterocycles. The van der Waals surface area contributed by atoms with Crippen molar-refractivity contribution >= 4 is 67.6 Å². The van der Waals surface area contributed by atoms with Gasteiger partial charge in [0, 0.05) is 27.3 Å². The maximum atomic E-state index is 11.7. The molecule has 0 aliphatic rings. The summed E-state index contributed by atoms with van der Waals surface area (Å²) in [6, 6.07) is 33.1. The normalized spacial score (nSPS) is 11.8. The predicted octanol–water partition coefficient (Wildman–Crippen LogP) is 8.49. The lowest BCUT2D eigenvalue weighted by Gasteiger charge is -2.23. The van der Waals surface area contributed by atoms with Crippen molar-refractivity contribution < 1.29 is 45.3 Å². The van der Waals surface area contributed by atoms with Gasteiger partial charge in [-0.1, -0.05) is 84.9 Å². The first-order chi connectivity index (χ1) is 25.1. The number of rotatable bonds is 3. The van der Waals surface area contributed by atoms with Gasteiger partial charge in [-0.05, 0) is 61.7 Å². The summed E-state index contributed by atoms with van der Waals surface area (Å²) in [5.74, 6) is -8.86. The molecular weight excluding hydrogens is 659 g/mol. The van der Waals surface area contributed by atoms with Crippen LogP contribution in [0.25, 0.3) is 87.6 Å². The van der Waals surface area contributed by atoms with E-state index in [1.54, 1.807) is 12.1 Å². The molecule has 1 aromatic heterocycles. The van der Waals surface area contributed by atoms with E-state index in [2.05, 4.69) is 12.1 Å². The molecule has 0 amide bonds. The van der Waals surface area contributed by atoms with E-state index >= 15 is 0 Å². The van der Waals surface area contributed by atoms with E-state index < -0.39 is 62.6 Å². The van der Waals surface area contributed by atoms with Crippen LogP contribution in [0.3, 0.4) is 0 Å². The highest BCUT2D eigenvalue weighted by molar-refractivity contribution is 6.41. The Labute approximate surface area is 294 Å². The second kappa shape index (κ2) is 10.9. The van der Waals surface area contributed by atoms with E-state index in [0.29, 0.717) is 21.9 Å². The van der Waals surface area contributed by atoms with E-state index in [1.165, 1.54) is 0 Å². The lowest BCUT2D eigenvalue weighted by molar-refractivity contribution is 0.329. The fraction of sp³-hybridized carbons (Fsp3) is 0. The highest BCUT2D eigenvalue weighted by Gasteiger charge is 2.32. The molecule has 0 aliphatic heterocycles. The topological polar surface area (TPSA) is 175 Å². The van der Waals surface area contributed by atoms with Gasteiger partial charge in [0.2, 0.25) is 17.2 Å². The minimum atomic E-state index is -1.24. The monoisotopic (exact) mass is 684 g/mol. The van der Waals surface area contributed by atoms with Gasteiger partial charge in [-0.2, -0.15) is 0 Å². The Hall–Kier alpha value is -7.20. The van der Waals surface area contributed by atoms with Crippen LogP contribution in [0.15, 0.2) is 108 Å². The SMILES string of the molecule is [B]c1c(O)c(-c2c(O)c(O)c(O)c(O)c2O)c(O)c(O)c1-c1c2ccccc2c(-c2ccc3c(c2)oc2c4ccccc4ccc32)c2ccccc12. The highest BCUT2D eigenvalue weighted by atomic mass is 16.4. The van der Waals surface area contributed by atoms with Gasteiger partial charge in [-0.25, -0.2) is 0 Å². The van der Waals surface area contributed by atoms with Gasteiger partial charge in [-0.15, -0.1) is 0 Å². The zero-order valence-electron chi connectivity index (χ0n) is 26.9. The molecule has 250 valence electrons. The molecule has 8 aromatic carbocycles. The molecule has 8 N–H and O–H groups in total. The molecule has 0 aliphatic carbocycles. The number of phenolic OH excluding ortho intramolecular Hbond substituents is 8. The summed E-state index contributed by atoms with van der Waals surface area (Å²) in [5, 5.41) is 92.6. The minimum absolute atomic E-state index is 0.150. The second-order valence-corrected chi connectivity index (χ2v) is 12.6. The summed E-state index contributed by atoms with van der Waals surface area (Å²) in [6.45, 7) is 0. The molecule has 0 saturated carbocycles. The average molecular weight is 684 g/mol. The van der Waals surface area contributed by atoms with Crippen molar-refractivity contribution in [2.45, 2.75) is 0 Å². The zero-order chi connectivity index (χ0) is 36.2. The van der Waals surface area contributed by atoms with Crippen molar-refractivity contribution in [3.8, 4) is 79.4 Å². The first kappa shape index (κ1) is 30.8. The van der Waals surface area contributed by atoms with Crippen molar-refractivity contribution in [3.05, 3.63) is 103 Å². The molecule has 1 heterocycles. The second-order valence-electron chi connectivity index (χ2n) is 12.6. The molecule has 0 atom stereocenters. The van der Waals surface area contributed by atoms with Crippen LogP contribution in [-0.2, 0) is 0 Å². The Morgan fingerprint density at radius 2 is 0.827 bits per heavy atom. The smallest absolute Gasteiger partial charge is 0.208 e. The van der Waals surface area contributed by atoms with E-state index in [1.807, 2.05) is 78.9 Å². The predicted molar refractivity (Wildman–Crippen MR) is 201 cm³/mol. The first-order valence-corrected chi connectivity index (χ1v) is 16.1. The van der Waals surface area contributed by atoms with Crippen molar-refractivity contribution in [3.63, 3.8) is 0 Å².